The molecule has 0 aliphatic carbocycles. The number of hydrogen-bond donors (Lipinski definition) is 2. The van der Waals surface area contributed by atoms with E-state index in [1.807, 2.05) is 46.8 Å². The molecule has 0 heterocycles. The Morgan fingerprint density at radius 1 is 1.22 bits per heavy atom. The zero-order chi connectivity index (χ0) is 14.4. The highest BCUT2D eigenvalue weighted by atomic mass is 16.5. The van der Waals surface area contributed by atoms with Crippen LogP contribution in [0, 0.1) is 0 Å². The molecule has 1 aromatic rings. The lowest BCUT2D eigenvalue weighted by atomic mass is 10.3. The Balaban J connectivity index is 0. The van der Waals surface area contributed by atoms with Gasteiger partial charge in [0.25, 0.3) is 0 Å². The fourth-order valence-electron chi connectivity index (χ4n) is 1.04. The van der Waals surface area contributed by atoms with E-state index in [1.165, 1.54) is 0 Å². The van der Waals surface area contributed by atoms with E-state index in [0.717, 1.165) is 11.4 Å². The number of carbonyl (C=O) groups excluding carboxylic acids is 1. The van der Waals surface area contributed by atoms with Crippen LogP contribution in [-0.4, -0.2) is 19.7 Å². The molecule has 1 aromatic carbocycles. The lowest BCUT2D eigenvalue weighted by Crippen LogP contribution is -2.28. The van der Waals surface area contributed by atoms with E-state index in [-0.39, 0.29) is 6.03 Å². The summed E-state index contributed by atoms with van der Waals surface area (Å²) in [4.78, 5) is 11.1. The Labute approximate surface area is 111 Å². The van der Waals surface area contributed by atoms with Crippen LogP contribution in [0.1, 0.15) is 34.6 Å². The highest BCUT2D eigenvalue weighted by molar-refractivity contribution is 5.89. The van der Waals surface area contributed by atoms with Gasteiger partial charge in [0.2, 0.25) is 0 Å². The number of anilines is 1. The smallest absolute Gasteiger partial charge is 0.319 e. The van der Waals surface area contributed by atoms with E-state index in [9.17, 15) is 4.79 Å². The van der Waals surface area contributed by atoms with Crippen molar-refractivity contribution in [2.24, 2.45) is 0 Å². The zero-order valence-electron chi connectivity index (χ0n) is 12.3. The van der Waals surface area contributed by atoms with Crippen molar-refractivity contribution in [3.05, 3.63) is 24.3 Å². The van der Waals surface area contributed by atoms with Gasteiger partial charge < -0.3 is 15.4 Å². The van der Waals surface area contributed by atoms with Gasteiger partial charge in [-0.3, -0.25) is 0 Å². The third-order valence-corrected chi connectivity index (χ3v) is 1.66. The molecule has 0 aliphatic heterocycles. The van der Waals surface area contributed by atoms with Gasteiger partial charge in [-0.25, -0.2) is 4.79 Å². The number of rotatable bonds is 3. The van der Waals surface area contributed by atoms with Gasteiger partial charge in [0.1, 0.15) is 5.75 Å². The number of methoxy groups -OCH3 is 1. The number of carbonyl (C=O) groups is 1. The molecule has 4 heteroatoms. The van der Waals surface area contributed by atoms with Crippen molar-refractivity contribution in [1.82, 2.24) is 5.32 Å². The van der Waals surface area contributed by atoms with Crippen molar-refractivity contribution in [2.75, 3.05) is 19.0 Å². The molecule has 0 atom stereocenters. The molecule has 104 valence electrons. The van der Waals surface area contributed by atoms with Crippen LogP contribution in [0.15, 0.2) is 24.3 Å². The first kappa shape index (κ1) is 18.6. The second-order valence-electron chi connectivity index (χ2n) is 2.72. The number of amides is 2. The molecule has 2 N–H and O–H groups in total. The van der Waals surface area contributed by atoms with Crippen molar-refractivity contribution >= 4 is 11.7 Å². The summed E-state index contributed by atoms with van der Waals surface area (Å²) < 4.78 is 5.02. The van der Waals surface area contributed by atoms with Gasteiger partial charge in [-0.2, -0.15) is 0 Å². The summed E-state index contributed by atoms with van der Waals surface area (Å²) in [6.07, 6.45) is 0. The maximum atomic E-state index is 11.1. The Bertz CT molecular complexity index is 314. The van der Waals surface area contributed by atoms with Crippen LogP contribution < -0.4 is 15.4 Å². The van der Waals surface area contributed by atoms with Crippen LogP contribution in [0.3, 0.4) is 0 Å². The Hall–Kier alpha value is -1.71. The van der Waals surface area contributed by atoms with E-state index in [1.54, 1.807) is 19.2 Å². The third-order valence-electron chi connectivity index (χ3n) is 1.66. The normalized spacial score (nSPS) is 7.89. The van der Waals surface area contributed by atoms with E-state index in [0.29, 0.717) is 6.54 Å². The van der Waals surface area contributed by atoms with Crippen molar-refractivity contribution in [1.29, 1.82) is 0 Å². The summed E-state index contributed by atoms with van der Waals surface area (Å²) in [5.74, 6) is 0.722. The van der Waals surface area contributed by atoms with Crippen LogP contribution in [0.2, 0.25) is 0 Å². The summed E-state index contributed by atoms with van der Waals surface area (Å²) >= 11 is 0. The molecule has 0 unspecified atom stereocenters. The van der Waals surface area contributed by atoms with Crippen LogP contribution >= 0.6 is 0 Å². The largest absolute Gasteiger partial charge is 0.497 e. The highest BCUT2D eigenvalue weighted by Gasteiger charge is 1.99. The minimum atomic E-state index is -0.208. The van der Waals surface area contributed by atoms with Crippen LogP contribution in [0.5, 0.6) is 5.75 Å². The number of hydrogen-bond acceptors (Lipinski definition) is 2. The maximum Gasteiger partial charge on any atom is 0.319 e. The number of nitrogens with one attached hydrogen (secondary N) is 2. The molecule has 0 aromatic heterocycles. The molecule has 0 radical (unpaired) electrons. The van der Waals surface area contributed by atoms with E-state index < -0.39 is 0 Å². The second-order valence-corrected chi connectivity index (χ2v) is 2.72. The van der Waals surface area contributed by atoms with E-state index >= 15 is 0 Å². The monoisotopic (exact) mass is 254 g/mol. The van der Waals surface area contributed by atoms with E-state index in [4.69, 9.17) is 4.74 Å². The predicted molar refractivity (Wildman–Crippen MR) is 78.4 cm³/mol. The van der Waals surface area contributed by atoms with Crippen molar-refractivity contribution in [3.8, 4) is 5.75 Å². The standard InChI is InChI=1S/C10H14N2O2.2C2H6/c1-3-11-10(13)12-8-5-4-6-9(7-8)14-2;2*1-2/h4-7H,3H2,1-2H3,(H2,11,12,13);2*1-2H3. The van der Waals surface area contributed by atoms with Gasteiger partial charge in [0.15, 0.2) is 0 Å². The quantitative estimate of drug-likeness (QED) is 0.859. The highest BCUT2D eigenvalue weighted by Crippen LogP contribution is 2.16. The van der Waals surface area contributed by atoms with Crippen molar-refractivity contribution < 1.29 is 9.53 Å². The third kappa shape index (κ3) is 8.44. The van der Waals surface area contributed by atoms with E-state index in [2.05, 4.69) is 10.6 Å². The van der Waals surface area contributed by atoms with Crippen LogP contribution in [0.25, 0.3) is 0 Å². The molecule has 0 fully saturated rings. The minimum absolute atomic E-state index is 0.208. The molecule has 1 rings (SSSR count). The summed E-state index contributed by atoms with van der Waals surface area (Å²) in [7, 11) is 1.59. The number of ether oxygens (including phenoxy) is 1. The fourth-order valence-corrected chi connectivity index (χ4v) is 1.04. The number of benzene rings is 1. The Morgan fingerprint density at radius 2 is 1.83 bits per heavy atom. The molecular formula is C14H26N2O2. The average Bonchev–Trinajstić information content (AvgIpc) is 2.43. The molecule has 18 heavy (non-hydrogen) atoms. The van der Waals surface area contributed by atoms with Gasteiger partial charge in [0, 0.05) is 18.3 Å². The molecule has 0 spiro atoms. The molecule has 0 saturated heterocycles. The summed E-state index contributed by atoms with van der Waals surface area (Å²) in [6.45, 7) is 10.5. The van der Waals surface area contributed by atoms with Crippen molar-refractivity contribution in [3.63, 3.8) is 0 Å². The first-order valence-corrected chi connectivity index (χ1v) is 6.45. The van der Waals surface area contributed by atoms with Crippen LogP contribution in [-0.2, 0) is 0 Å². The Kier molecular flexibility index (Phi) is 13.8. The number of urea groups is 1. The van der Waals surface area contributed by atoms with Gasteiger partial charge in [0.05, 0.1) is 7.11 Å². The first-order valence-electron chi connectivity index (χ1n) is 6.45. The lowest BCUT2D eigenvalue weighted by molar-refractivity contribution is 0.252. The maximum absolute atomic E-state index is 11.1. The summed E-state index contributed by atoms with van der Waals surface area (Å²) in [6, 6.07) is 7.00. The average molecular weight is 254 g/mol. The second kappa shape index (κ2) is 13.4. The molecule has 2 amide bonds. The van der Waals surface area contributed by atoms with Gasteiger partial charge in [-0.05, 0) is 19.1 Å². The van der Waals surface area contributed by atoms with Gasteiger partial charge in [-0.1, -0.05) is 33.8 Å². The lowest BCUT2D eigenvalue weighted by Gasteiger charge is -2.06. The first-order chi connectivity index (χ1) is 8.76. The van der Waals surface area contributed by atoms with Crippen molar-refractivity contribution in [2.45, 2.75) is 34.6 Å². The zero-order valence-corrected chi connectivity index (χ0v) is 12.3. The Morgan fingerprint density at radius 3 is 2.33 bits per heavy atom. The minimum Gasteiger partial charge on any atom is -0.497 e. The molecular weight excluding hydrogens is 228 g/mol. The topological polar surface area (TPSA) is 50.4 Å². The molecule has 0 saturated carbocycles. The molecule has 0 aliphatic rings. The predicted octanol–water partition coefficient (Wildman–Crippen LogP) is 3.89. The molecule has 0 bridgehead atoms. The van der Waals surface area contributed by atoms with Gasteiger partial charge >= 0.3 is 6.03 Å². The summed E-state index contributed by atoms with van der Waals surface area (Å²) in [5, 5.41) is 5.33. The SMILES string of the molecule is CC.CC.CCNC(=O)Nc1cccc(OC)c1. The summed E-state index contributed by atoms with van der Waals surface area (Å²) in [5.41, 5.74) is 0.718. The van der Waals surface area contributed by atoms with Crippen LogP contribution in [0.4, 0.5) is 10.5 Å². The van der Waals surface area contributed by atoms with Gasteiger partial charge in [-0.15, -0.1) is 0 Å². The fraction of sp³-hybridized carbons (Fsp3) is 0.500. The molecule has 4 nitrogen and oxygen atoms in total.